The van der Waals surface area contributed by atoms with Crippen molar-refractivity contribution in [1.29, 1.82) is 0 Å². The summed E-state index contributed by atoms with van der Waals surface area (Å²) in [6, 6.07) is 21.2. The van der Waals surface area contributed by atoms with Crippen LogP contribution in [0.3, 0.4) is 0 Å². The van der Waals surface area contributed by atoms with Crippen LogP contribution in [0.1, 0.15) is 11.1 Å². The third kappa shape index (κ3) is 2.41. The van der Waals surface area contributed by atoms with E-state index in [1.54, 1.807) is 0 Å². The van der Waals surface area contributed by atoms with Gasteiger partial charge >= 0.3 is 5.63 Å². The van der Waals surface area contributed by atoms with Gasteiger partial charge in [-0.3, -0.25) is 0 Å². The summed E-state index contributed by atoms with van der Waals surface area (Å²) in [5.41, 5.74) is 2.23. The molecule has 0 N–H and O–H groups in total. The molecule has 2 nitrogen and oxygen atoms in total. The summed E-state index contributed by atoms with van der Waals surface area (Å²) >= 11 is 6.26. The third-order valence-electron chi connectivity index (χ3n) is 4.07. The van der Waals surface area contributed by atoms with E-state index in [0.717, 1.165) is 21.9 Å². The Labute approximate surface area is 137 Å². The SMILES string of the molecule is O=c1oc2ccccc2c2cccc(Cc3ccccc3Cl)c12. The molecule has 0 bridgehead atoms. The lowest BCUT2D eigenvalue weighted by Crippen LogP contribution is -2.04. The maximum atomic E-state index is 12.5. The minimum absolute atomic E-state index is 0.304. The first-order valence-corrected chi connectivity index (χ1v) is 7.79. The first-order valence-electron chi connectivity index (χ1n) is 7.41. The molecule has 23 heavy (non-hydrogen) atoms. The Morgan fingerprint density at radius 3 is 2.35 bits per heavy atom. The van der Waals surface area contributed by atoms with Gasteiger partial charge < -0.3 is 4.42 Å². The van der Waals surface area contributed by atoms with Gasteiger partial charge in [-0.15, -0.1) is 0 Å². The van der Waals surface area contributed by atoms with E-state index in [0.29, 0.717) is 22.4 Å². The van der Waals surface area contributed by atoms with Gasteiger partial charge in [0.1, 0.15) is 5.58 Å². The van der Waals surface area contributed by atoms with E-state index < -0.39 is 0 Å². The van der Waals surface area contributed by atoms with Gasteiger partial charge in [-0.2, -0.15) is 0 Å². The molecule has 112 valence electrons. The monoisotopic (exact) mass is 320 g/mol. The second kappa shape index (κ2) is 5.56. The van der Waals surface area contributed by atoms with E-state index >= 15 is 0 Å². The number of fused-ring (bicyclic) bond motifs is 3. The van der Waals surface area contributed by atoms with Crippen molar-refractivity contribution in [1.82, 2.24) is 0 Å². The number of rotatable bonds is 2. The van der Waals surface area contributed by atoms with Crippen LogP contribution in [0.2, 0.25) is 5.02 Å². The van der Waals surface area contributed by atoms with Gasteiger partial charge in [0.25, 0.3) is 0 Å². The highest BCUT2D eigenvalue weighted by atomic mass is 35.5. The smallest absolute Gasteiger partial charge is 0.344 e. The Balaban J connectivity index is 2.00. The van der Waals surface area contributed by atoms with Crippen molar-refractivity contribution in [2.24, 2.45) is 0 Å². The van der Waals surface area contributed by atoms with Crippen molar-refractivity contribution in [3.05, 3.63) is 93.3 Å². The fourth-order valence-corrected chi connectivity index (χ4v) is 3.19. The largest absolute Gasteiger partial charge is 0.422 e. The van der Waals surface area contributed by atoms with Gasteiger partial charge in [-0.1, -0.05) is 66.2 Å². The van der Waals surface area contributed by atoms with Crippen LogP contribution < -0.4 is 5.63 Å². The third-order valence-corrected chi connectivity index (χ3v) is 4.44. The molecule has 0 saturated carbocycles. The standard InChI is InChI=1S/C20H13ClO2/c21-17-10-3-1-6-13(17)12-14-7-5-9-16-15-8-2-4-11-18(15)23-20(22)19(14)16/h1-11H,12H2. The summed E-state index contributed by atoms with van der Waals surface area (Å²) in [6.45, 7) is 0. The molecule has 3 aromatic carbocycles. The van der Waals surface area contributed by atoms with E-state index in [1.165, 1.54) is 0 Å². The van der Waals surface area contributed by atoms with Gasteiger partial charge in [0.2, 0.25) is 0 Å². The highest BCUT2D eigenvalue weighted by Gasteiger charge is 2.12. The van der Waals surface area contributed by atoms with Crippen LogP contribution in [0, 0.1) is 0 Å². The molecule has 1 aromatic heterocycles. The summed E-state index contributed by atoms with van der Waals surface area (Å²) in [5.74, 6) is 0. The first-order chi connectivity index (χ1) is 11.2. The van der Waals surface area contributed by atoms with Crippen LogP contribution in [-0.4, -0.2) is 0 Å². The molecule has 0 aliphatic heterocycles. The zero-order valence-electron chi connectivity index (χ0n) is 12.3. The van der Waals surface area contributed by atoms with Crippen molar-refractivity contribution >= 4 is 33.3 Å². The summed E-state index contributed by atoms with van der Waals surface area (Å²) in [7, 11) is 0. The maximum Gasteiger partial charge on any atom is 0.344 e. The number of halogens is 1. The van der Waals surface area contributed by atoms with Gasteiger partial charge in [-0.25, -0.2) is 4.79 Å². The van der Waals surface area contributed by atoms with Crippen molar-refractivity contribution in [2.45, 2.75) is 6.42 Å². The molecule has 0 aliphatic carbocycles. The quantitative estimate of drug-likeness (QED) is 0.376. The minimum Gasteiger partial charge on any atom is -0.422 e. The van der Waals surface area contributed by atoms with E-state index in [-0.39, 0.29) is 5.63 Å². The van der Waals surface area contributed by atoms with Crippen LogP contribution >= 0.6 is 11.6 Å². The van der Waals surface area contributed by atoms with Crippen molar-refractivity contribution in [3.63, 3.8) is 0 Å². The molecular formula is C20H13ClO2. The molecule has 0 amide bonds. The molecule has 0 fully saturated rings. The molecule has 1 heterocycles. The van der Waals surface area contributed by atoms with Crippen LogP contribution in [-0.2, 0) is 6.42 Å². The fraction of sp³-hybridized carbons (Fsp3) is 0.0500. The van der Waals surface area contributed by atoms with Crippen LogP contribution in [0.15, 0.2) is 75.9 Å². The average Bonchev–Trinajstić information content (AvgIpc) is 2.57. The van der Waals surface area contributed by atoms with Gasteiger partial charge in [-0.05, 0) is 29.7 Å². The Kier molecular flexibility index (Phi) is 3.40. The highest BCUT2D eigenvalue weighted by molar-refractivity contribution is 6.31. The Bertz CT molecular complexity index is 1080. The lowest BCUT2D eigenvalue weighted by molar-refractivity contribution is 0.569. The molecule has 0 atom stereocenters. The van der Waals surface area contributed by atoms with Crippen LogP contribution in [0.25, 0.3) is 21.7 Å². The second-order valence-corrected chi connectivity index (χ2v) is 5.90. The van der Waals surface area contributed by atoms with Gasteiger partial charge in [0, 0.05) is 15.8 Å². The zero-order valence-corrected chi connectivity index (χ0v) is 13.0. The van der Waals surface area contributed by atoms with E-state index in [4.69, 9.17) is 16.0 Å². The predicted octanol–water partition coefficient (Wildman–Crippen LogP) is 5.19. The number of para-hydroxylation sites is 1. The van der Waals surface area contributed by atoms with Crippen molar-refractivity contribution in [2.75, 3.05) is 0 Å². The molecule has 0 saturated heterocycles. The van der Waals surface area contributed by atoms with Gasteiger partial charge in [0.05, 0.1) is 5.39 Å². The molecule has 0 unspecified atom stereocenters. The normalized spacial score (nSPS) is 11.2. The number of benzene rings is 3. The molecule has 0 aliphatic rings. The molecule has 3 heteroatoms. The molecule has 4 rings (SSSR count). The lowest BCUT2D eigenvalue weighted by atomic mass is 9.98. The highest BCUT2D eigenvalue weighted by Crippen LogP contribution is 2.27. The average molecular weight is 321 g/mol. The van der Waals surface area contributed by atoms with Crippen LogP contribution in [0.5, 0.6) is 0 Å². The summed E-state index contributed by atoms with van der Waals surface area (Å²) in [6.07, 6.45) is 0.597. The second-order valence-electron chi connectivity index (χ2n) is 5.49. The Hall–Kier alpha value is -2.58. The molecule has 0 radical (unpaired) electrons. The minimum atomic E-state index is -0.304. The van der Waals surface area contributed by atoms with E-state index in [9.17, 15) is 4.79 Å². The number of hydrogen-bond acceptors (Lipinski definition) is 2. The predicted molar refractivity (Wildman–Crippen MR) is 94.2 cm³/mol. The van der Waals surface area contributed by atoms with Crippen molar-refractivity contribution in [3.8, 4) is 0 Å². The summed E-state index contributed by atoms with van der Waals surface area (Å²) < 4.78 is 5.49. The number of hydrogen-bond donors (Lipinski definition) is 0. The van der Waals surface area contributed by atoms with E-state index in [2.05, 4.69) is 0 Å². The summed E-state index contributed by atoms with van der Waals surface area (Å²) in [5, 5.41) is 3.20. The Morgan fingerprint density at radius 2 is 1.48 bits per heavy atom. The Morgan fingerprint density at radius 1 is 0.783 bits per heavy atom. The maximum absolute atomic E-state index is 12.5. The molecule has 0 spiro atoms. The summed E-state index contributed by atoms with van der Waals surface area (Å²) in [4.78, 5) is 12.5. The fourth-order valence-electron chi connectivity index (χ4n) is 2.99. The zero-order chi connectivity index (χ0) is 15.8. The first kappa shape index (κ1) is 14.0. The van der Waals surface area contributed by atoms with Crippen LogP contribution in [0.4, 0.5) is 0 Å². The topological polar surface area (TPSA) is 30.2 Å². The van der Waals surface area contributed by atoms with Crippen molar-refractivity contribution < 1.29 is 4.42 Å². The lowest BCUT2D eigenvalue weighted by Gasteiger charge is -2.09. The van der Waals surface area contributed by atoms with Gasteiger partial charge in [0.15, 0.2) is 0 Å². The molecule has 4 aromatic rings. The molecular weight excluding hydrogens is 308 g/mol. The van der Waals surface area contributed by atoms with E-state index in [1.807, 2.05) is 66.7 Å².